The van der Waals surface area contributed by atoms with E-state index in [-0.39, 0.29) is 0 Å². The van der Waals surface area contributed by atoms with Gasteiger partial charge in [-0.3, -0.25) is 0 Å². The SMILES string of the molecule is Cc1ncsc1CCNc1cc(C2CC(N)C2)nc(C2CC2)n1. The highest BCUT2D eigenvalue weighted by atomic mass is 32.1. The molecule has 6 heteroatoms. The molecular weight excluding hydrogens is 306 g/mol. The van der Waals surface area contributed by atoms with Gasteiger partial charge in [-0.1, -0.05) is 0 Å². The van der Waals surface area contributed by atoms with Crippen molar-refractivity contribution in [3.63, 3.8) is 0 Å². The zero-order valence-corrected chi connectivity index (χ0v) is 14.3. The van der Waals surface area contributed by atoms with E-state index in [0.717, 1.165) is 43.1 Å². The topological polar surface area (TPSA) is 76.7 Å². The first-order valence-corrected chi connectivity index (χ1v) is 9.34. The molecule has 0 radical (unpaired) electrons. The summed E-state index contributed by atoms with van der Waals surface area (Å²) in [7, 11) is 0. The van der Waals surface area contributed by atoms with Crippen LogP contribution in [0.1, 0.15) is 59.6 Å². The third-order valence-electron chi connectivity index (χ3n) is 4.80. The van der Waals surface area contributed by atoms with E-state index >= 15 is 0 Å². The van der Waals surface area contributed by atoms with E-state index in [1.54, 1.807) is 11.3 Å². The van der Waals surface area contributed by atoms with E-state index in [0.29, 0.717) is 17.9 Å². The summed E-state index contributed by atoms with van der Waals surface area (Å²) in [4.78, 5) is 15.2. The van der Waals surface area contributed by atoms with Gasteiger partial charge in [0.2, 0.25) is 0 Å². The van der Waals surface area contributed by atoms with Gasteiger partial charge in [0.15, 0.2) is 0 Å². The molecule has 5 nitrogen and oxygen atoms in total. The Hall–Kier alpha value is -1.53. The van der Waals surface area contributed by atoms with Crippen LogP contribution in [0, 0.1) is 6.92 Å². The summed E-state index contributed by atoms with van der Waals surface area (Å²) in [5.74, 6) is 3.10. The van der Waals surface area contributed by atoms with Crippen LogP contribution in [-0.2, 0) is 6.42 Å². The van der Waals surface area contributed by atoms with E-state index in [9.17, 15) is 0 Å². The molecule has 0 saturated heterocycles. The monoisotopic (exact) mass is 329 g/mol. The first-order chi connectivity index (χ1) is 11.2. The number of hydrogen-bond acceptors (Lipinski definition) is 6. The number of anilines is 1. The Bertz CT molecular complexity index is 688. The summed E-state index contributed by atoms with van der Waals surface area (Å²) in [6, 6.07) is 2.48. The fourth-order valence-electron chi connectivity index (χ4n) is 3.08. The Morgan fingerprint density at radius 3 is 2.74 bits per heavy atom. The van der Waals surface area contributed by atoms with Crippen LogP contribution in [0.2, 0.25) is 0 Å². The fraction of sp³-hybridized carbons (Fsp3) is 0.588. The summed E-state index contributed by atoms with van der Waals surface area (Å²) >= 11 is 1.73. The number of aryl methyl sites for hydroxylation is 1. The van der Waals surface area contributed by atoms with Crippen LogP contribution in [0.4, 0.5) is 5.82 Å². The van der Waals surface area contributed by atoms with Gasteiger partial charge in [0.1, 0.15) is 11.6 Å². The maximum absolute atomic E-state index is 5.94. The van der Waals surface area contributed by atoms with Crippen LogP contribution >= 0.6 is 11.3 Å². The highest BCUT2D eigenvalue weighted by Gasteiger charge is 2.32. The number of rotatable bonds is 6. The number of hydrogen-bond donors (Lipinski definition) is 2. The number of aromatic nitrogens is 3. The molecule has 0 unspecified atom stereocenters. The molecule has 122 valence electrons. The molecule has 4 rings (SSSR count). The minimum absolute atomic E-state index is 0.352. The lowest BCUT2D eigenvalue weighted by atomic mass is 9.78. The first-order valence-electron chi connectivity index (χ1n) is 8.46. The van der Waals surface area contributed by atoms with Crippen LogP contribution in [-0.4, -0.2) is 27.5 Å². The van der Waals surface area contributed by atoms with Crippen molar-refractivity contribution < 1.29 is 0 Å². The average Bonchev–Trinajstić information content (AvgIpc) is 3.28. The molecule has 0 bridgehead atoms. The molecular formula is C17H23N5S. The summed E-state index contributed by atoms with van der Waals surface area (Å²) in [6.07, 6.45) is 5.56. The second-order valence-electron chi connectivity index (χ2n) is 6.78. The maximum Gasteiger partial charge on any atom is 0.134 e. The van der Waals surface area contributed by atoms with Gasteiger partial charge in [-0.2, -0.15) is 0 Å². The largest absolute Gasteiger partial charge is 0.370 e. The second-order valence-corrected chi connectivity index (χ2v) is 7.72. The summed E-state index contributed by atoms with van der Waals surface area (Å²) in [5.41, 5.74) is 10.2. The quantitative estimate of drug-likeness (QED) is 0.852. The predicted molar refractivity (Wildman–Crippen MR) is 93.0 cm³/mol. The van der Waals surface area contributed by atoms with Crippen LogP contribution in [0.3, 0.4) is 0 Å². The van der Waals surface area contributed by atoms with E-state index in [1.807, 2.05) is 5.51 Å². The Balaban J connectivity index is 1.45. The number of nitrogens with one attached hydrogen (secondary N) is 1. The van der Waals surface area contributed by atoms with Crippen LogP contribution in [0.5, 0.6) is 0 Å². The van der Waals surface area contributed by atoms with Crippen molar-refractivity contribution in [1.82, 2.24) is 15.0 Å². The summed E-state index contributed by atoms with van der Waals surface area (Å²) in [5, 5.41) is 3.48. The average molecular weight is 329 g/mol. The Kier molecular flexibility index (Phi) is 4.03. The van der Waals surface area contributed by atoms with Gasteiger partial charge in [0.05, 0.1) is 11.2 Å². The molecule has 2 aromatic rings. The van der Waals surface area contributed by atoms with Crippen LogP contribution < -0.4 is 11.1 Å². The van der Waals surface area contributed by atoms with Gasteiger partial charge in [0, 0.05) is 47.5 Å². The van der Waals surface area contributed by atoms with Crippen molar-refractivity contribution in [1.29, 1.82) is 0 Å². The lowest BCUT2D eigenvalue weighted by Gasteiger charge is -2.32. The number of thiazole rings is 1. The van der Waals surface area contributed by atoms with E-state index in [1.165, 1.54) is 23.4 Å². The van der Waals surface area contributed by atoms with Crippen molar-refractivity contribution >= 4 is 17.2 Å². The molecule has 0 atom stereocenters. The van der Waals surface area contributed by atoms with Gasteiger partial charge in [-0.15, -0.1) is 11.3 Å². The molecule has 2 saturated carbocycles. The Labute approximate surface area is 140 Å². The normalized spacial score (nSPS) is 23.6. The minimum Gasteiger partial charge on any atom is -0.370 e. The van der Waals surface area contributed by atoms with Crippen LogP contribution in [0.15, 0.2) is 11.6 Å². The summed E-state index contributed by atoms with van der Waals surface area (Å²) < 4.78 is 0. The van der Waals surface area contributed by atoms with E-state index in [4.69, 9.17) is 15.7 Å². The van der Waals surface area contributed by atoms with Crippen molar-refractivity contribution in [2.45, 2.75) is 56.9 Å². The third-order valence-corrected chi connectivity index (χ3v) is 5.80. The number of nitrogens with two attached hydrogens (primary N) is 1. The highest BCUT2D eigenvalue weighted by Crippen LogP contribution is 2.41. The zero-order chi connectivity index (χ0) is 15.8. The maximum atomic E-state index is 5.94. The highest BCUT2D eigenvalue weighted by molar-refractivity contribution is 7.09. The molecule has 0 aliphatic heterocycles. The first kappa shape index (κ1) is 15.0. The van der Waals surface area contributed by atoms with Gasteiger partial charge in [-0.05, 0) is 32.6 Å². The molecule has 0 amide bonds. The van der Waals surface area contributed by atoms with E-state index in [2.05, 4.69) is 23.3 Å². The fourth-order valence-corrected chi connectivity index (χ4v) is 3.86. The lowest BCUT2D eigenvalue weighted by molar-refractivity contribution is 0.344. The predicted octanol–water partition coefficient (Wildman–Crippen LogP) is 2.98. The zero-order valence-electron chi connectivity index (χ0n) is 13.5. The second kappa shape index (κ2) is 6.17. The Morgan fingerprint density at radius 2 is 2.09 bits per heavy atom. The summed E-state index contributed by atoms with van der Waals surface area (Å²) in [6.45, 7) is 2.95. The smallest absolute Gasteiger partial charge is 0.134 e. The molecule has 2 aliphatic carbocycles. The van der Waals surface area contributed by atoms with Crippen molar-refractivity contribution in [3.05, 3.63) is 33.7 Å². The molecule has 2 aliphatic rings. The lowest BCUT2D eigenvalue weighted by Crippen LogP contribution is -2.35. The third kappa shape index (κ3) is 3.38. The molecule has 2 aromatic heterocycles. The Morgan fingerprint density at radius 1 is 1.26 bits per heavy atom. The molecule has 2 heterocycles. The van der Waals surface area contributed by atoms with Gasteiger partial charge in [-0.25, -0.2) is 15.0 Å². The minimum atomic E-state index is 0.352. The molecule has 0 aromatic carbocycles. The molecule has 0 spiro atoms. The van der Waals surface area contributed by atoms with Gasteiger partial charge >= 0.3 is 0 Å². The van der Waals surface area contributed by atoms with Crippen molar-refractivity contribution in [2.75, 3.05) is 11.9 Å². The van der Waals surface area contributed by atoms with Crippen molar-refractivity contribution in [2.24, 2.45) is 5.73 Å². The molecule has 23 heavy (non-hydrogen) atoms. The van der Waals surface area contributed by atoms with Gasteiger partial charge in [0.25, 0.3) is 0 Å². The van der Waals surface area contributed by atoms with Crippen LogP contribution in [0.25, 0.3) is 0 Å². The number of nitrogens with zero attached hydrogens (tertiary/aromatic N) is 3. The van der Waals surface area contributed by atoms with Gasteiger partial charge < -0.3 is 11.1 Å². The van der Waals surface area contributed by atoms with E-state index < -0.39 is 0 Å². The molecule has 3 N–H and O–H groups in total. The van der Waals surface area contributed by atoms with Crippen molar-refractivity contribution in [3.8, 4) is 0 Å². The standard InChI is InChI=1S/C17H23N5S/c1-10-15(23-9-20-10)4-5-19-16-8-14(12-6-13(18)7-12)21-17(22-16)11-2-3-11/h8-9,11-13H,2-7,18H2,1H3,(H,19,21,22). The molecule has 2 fully saturated rings.